The Kier molecular flexibility index (Phi) is 10.4. The van der Waals surface area contributed by atoms with Crippen molar-refractivity contribution in [1.82, 2.24) is 0 Å². The van der Waals surface area contributed by atoms with Crippen molar-refractivity contribution in [1.29, 1.82) is 0 Å². The van der Waals surface area contributed by atoms with E-state index in [1.165, 1.54) is 43.2 Å². The Morgan fingerprint density at radius 3 is 2.18 bits per heavy atom. The molecule has 0 aromatic heterocycles. The first-order valence-corrected chi connectivity index (χ1v) is 13.0. The zero-order valence-corrected chi connectivity index (χ0v) is 20.4. The first-order chi connectivity index (χ1) is 16.1. The van der Waals surface area contributed by atoms with E-state index >= 15 is 0 Å². The van der Waals surface area contributed by atoms with E-state index in [0.29, 0.717) is 18.1 Å². The van der Waals surface area contributed by atoms with Gasteiger partial charge < -0.3 is 4.74 Å². The van der Waals surface area contributed by atoms with Crippen LogP contribution in [0.5, 0.6) is 5.75 Å². The Morgan fingerprint density at radius 2 is 1.52 bits per heavy atom. The summed E-state index contributed by atoms with van der Waals surface area (Å²) in [5, 5.41) is 0. The molecular weight excluding hydrogens is 414 g/mol. The van der Waals surface area contributed by atoms with Crippen molar-refractivity contribution in [3.63, 3.8) is 0 Å². The van der Waals surface area contributed by atoms with Crippen LogP contribution >= 0.6 is 0 Å². The van der Waals surface area contributed by atoms with Crippen molar-refractivity contribution in [2.45, 2.75) is 90.4 Å². The quantitative estimate of drug-likeness (QED) is 0.230. The zero-order chi connectivity index (χ0) is 23.5. The minimum absolute atomic E-state index is 0.0111. The highest BCUT2D eigenvalue weighted by Gasteiger charge is 2.25. The molecule has 0 unspecified atom stereocenters. The third-order valence-corrected chi connectivity index (χ3v) is 6.94. The average Bonchev–Trinajstić information content (AvgIpc) is 2.84. The summed E-state index contributed by atoms with van der Waals surface area (Å²) < 4.78 is 33.9. The number of hydrogen-bond acceptors (Lipinski definition) is 1. The number of hydrogen-bond donors (Lipinski definition) is 0. The lowest BCUT2D eigenvalue weighted by Gasteiger charge is -2.27. The van der Waals surface area contributed by atoms with Crippen LogP contribution in [0, 0.1) is 17.6 Å². The number of halogens is 2. The number of allylic oxidation sites excluding steroid dienone is 2. The van der Waals surface area contributed by atoms with E-state index in [1.807, 2.05) is 0 Å². The predicted octanol–water partition coefficient (Wildman–Crippen LogP) is 8.95. The van der Waals surface area contributed by atoms with Crippen LogP contribution in [0.25, 0.3) is 0 Å². The first-order valence-electron chi connectivity index (χ1n) is 13.0. The molecule has 1 aliphatic rings. The SMILES string of the molecule is CCCCCCc1ccc(CCC=CC2CCC(c3ccc(OCC)c(F)c3F)CC2)cc1. The van der Waals surface area contributed by atoms with Gasteiger partial charge in [0.15, 0.2) is 11.6 Å². The van der Waals surface area contributed by atoms with Crippen LogP contribution in [0.4, 0.5) is 8.78 Å². The van der Waals surface area contributed by atoms with Crippen molar-refractivity contribution in [2.24, 2.45) is 5.92 Å². The largest absolute Gasteiger partial charge is 0.491 e. The molecule has 0 heterocycles. The van der Waals surface area contributed by atoms with Crippen molar-refractivity contribution < 1.29 is 13.5 Å². The molecule has 0 amide bonds. The second-order valence-electron chi connectivity index (χ2n) is 9.42. The molecule has 0 bridgehead atoms. The van der Waals surface area contributed by atoms with E-state index in [2.05, 4.69) is 43.3 Å². The van der Waals surface area contributed by atoms with Gasteiger partial charge in [-0.3, -0.25) is 0 Å². The third-order valence-electron chi connectivity index (χ3n) is 6.94. The average molecular weight is 455 g/mol. The maximum Gasteiger partial charge on any atom is 0.200 e. The van der Waals surface area contributed by atoms with Gasteiger partial charge in [0.25, 0.3) is 0 Å². The summed E-state index contributed by atoms with van der Waals surface area (Å²) in [5.74, 6) is -0.924. The van der Waals surface area contributed by atoms with E-state index in [1.54, 1.807) is 19.1 Å². The Morgan fingerprint density at radius 1 is 0.818 bits per heavy atom. The lowest BCUT2D eigenvalue weighted by Crippen LogP contribution is -2.14. The fourth-order valence-electron chi connectivity index (χ4n) is 4.92. The predicted molar refractivity (Wildman–Crippen MR) is 134 cm³/mol. The van der Waals surface area contributed by atoms with Gasteiger partial charge in [0.1, 0.15) is 0 Å². The van der Waals surface area contributed by atoms with E-state index in [4.69, 9.17) is 4.74 Å². The van der Waals surface area contributed by atoms with Crippen LogP contribution < -0.4 is 4.74 Å². The lowest BCUT2D eigenvalue weighted by molar-refractivity contribution is 0.310. The molecule has 1 aliphatic carbocycles. The number of rotatable bonds is 12. The second-order valence-corrected chi connectivity index (χ2v) is 9.42. The lowest BCUT2D eigenvalue weighted by atomic mass is 9.78. The van der Waals surface area contributed by atoms with E-state index in [0.717, 1.165) is 38.5 Å². The minimum Gasteiger partial charge on any atom is -0.491 e. The zero-order valence-electron chi connectivity index (χ0n) is 20.4. The molecule has 180 valence electrons. The summed E-state index contributed by atoms with van der Waals surface area (Å²) in [6, 6.07) is 12.4. The highest BCUT2D eigenvalue weighted by Crippen LogP contribution is 2.39. The van der Waals surface area contributed by atoms with Gasteiger partial charge in [0.05, 0.1) is 6.61 Å². The van der Waals surface area contributed by atoms with Crippen molar-refractivity contribution in [3.8, 4) is 5.75 Å². The summed E-state index contributed by atoms with van der Waals surface area (Å²) in [4.78, 5) is 0. The second kappa shape index (κ2) is 13.5. The molecule has 0 N–H and O–H groups in total. The molecule has 1 saturated carbocycles. The minimum atomic E-state index is -0.846. The van der Waals surface area contributed by atoms with Gasteiger partial charge in [-0.2, -0.15) is 4.39 Å². The normalized spacial score (nSPS) is 18.7. The molecule has 3 rings (SSSR count). The first kappa shape index (κ1) is 25.5. The van der Waals surface area contributed by atoms with Gasteiger partial charge in [0.2, 0.25) is 5.82 Å². The third kappa shape index (κ3) is 7.69. The van der Waals surface area contributed by atoms with Crippen LogP contribution in [-0.2, 0) is 12.8 Å². The molecule has 0 aliphatic heterocycles. The summed E-state index contributed by atoms with van der Waals surface area (Å²) in [5.41, 5.74) is 3.35. The van der Waals surface area contributed by atoms with Gasteiger partial charge >= 0.3 is 0 Å². The maximum atomic E-state index is 14.5. The fourth-order valence-corrected chi connectivity index (χ4v) is 4.92. The van der Waals surface area contributed by atoms with Gasteiger partial charge in [-0.15, -0.1) is 0 Å². The smallest absolute Gasteiger partial charge is 0.200 e. The summed E-state index contributed by atoms with van der Waals surface area (Å²) in [6.07, 6.45) is 17.1. The standard InChI is InChI=1S/C30H40F2O/c1-3-5-6-7-10-23-13-15-24(16-14-23)11-8-9-12-25-17-19-26(20-18-25)27-21-22-28(33-4-2)30(32)29(27)31/h9,12-16,21-22,25-26H,3-8,10-11,17-20H2,1-2H3. The Hall–Kier alpha value is -2.16. The Labute approximate surface area is 199 Å². The van der Waals surface area contributed by atoms with Gasteiger partial charge in [-0.05, 0) is 92.9 Å². The van der Waals surface area contributed by atoms with Gasteiger partial charge in [-0.1, -0.05) is 68.7 Å². The summed E-state index contributed by atoms with van der Waals surface area (Å²) in [7, 11) is 0. The van der Waals surface area contributed by atoms with Gasteiger partial charge in [-0.25, -0.2) is 4.39 Å². The summed E-state index contributed by atoms with van der Waals surface area (Å²) >= 11 is 0. The Balaban J connectivity index is 1.40. The van der Waals surface area contributed by atoms with Crippen LogP contribution in [0.3, 0.4) is 0 Å². The highest BCUT2D eigenvalue weighted by molar-refractivity contribution is 5.33. The molecule has 0 saturated heterocycles. The van der Waals surface area contributed by atoms with E-state index in [-0.39, 0.29) is 11.7 Å². The number of aryl methyl sites for hydroxylation is 2. The van der Waals surface area contributed by atoms with E-state index in [9.17, 15) is 8.78 Å². The van der Waals surface area contributed by atoms with Crippen LogP contribution in [0.1, 0.15) is 94.2 Å². The van der Waals surface area contributed by atoms with Crippen LogP contribution in [0.15, 0.2) is 48.6 Å². The number of ether oxygens (including phenoxy) is 1. The molecular formula is C30H40F2O. The van der Waals surface area contributed by atoms with Crippen molar-refractivity contribution in [2.75, 3.05) is 6.61 Å². The molecule has 0 atom stereocenters. The fraction of sp³-hybridized carbons (Fsp3) is 0.533. The topological polar surface area (TPSA) is 9.23 Å². The van der Waals surface area contributed by atoms with E-state index < -0.39 is 11.6 Å². The van der Waals surface area contributed by atoms with Crippen LogP contribution in [-0.4, -0.2) is 6.61 Å². The monoisotopic (exact) mass is 454 g/mol. The Bertz CT molecular complexity index is 864. The van der Waals surface area contributed by atoms with Crippen molar-refractivity contribution in [3.05, 3.63) is 76.9 Å². The van der Waals surface area contributed by atoms with Crippen molar-refractivity contribution >= 4 is 0 Å². The molecule has 2 aromatic rings. The molecule has 0 spiro atoms. The highest BCUT2D eigenvalue weighted by atomic mass is 19.2. The summed E-state index contributed by atoms with van der Waals surface area (Å²) in [6.45, 7) is 4.35. The molecule has 33 heavy (non-hydrogen) atoms. The molecule has 1 nitrogen and oxygen atoms in total. The molecule has 1 fully saturated rings. The van der Waals surface area contributed by atoms with Crippen LogP contribution in [0.2, 0.25) is 0 Å². The molecule has 3 heteroatoms. The molecule has 2 aromatic carbocycles. The maximum absolute atomic E-state index is 14.5. The van der Waals surface area contributed by atoms with Gasteiger partial charge in [0, 0.05) is 0 Å². The molecule has 0 radical (unpaired) electrons. The number of benzene rings is 2. The number of unbranched alkanes of at least 4 members (excludes halogenated alkanes) is 3.